The predicted molar refractivity (Wildman–Crippen MR) is 63.0 cm³/mol. The maximum Gasteiger partial charge on any atom is 0.0928 e. The Labute approximate surface area is 96.0 Å². The van der Waals surface area contributed by atoms with Crippen molar-refractivity contribution in [3.05, 3.63) is 24.0 Å². The molecule has 5 heteroatoms. The maximum atomic E-state index is 5.55. The van der Waals surface area contributed by atoms with Crippen molar-refractivity contribution < 1.29 is 9.47 Å². The van der Waals surface area contributed by atoms with E-state index >= 15 is 0 Å². The Morgan fingerprint density at radius 1 is 1.44 bits per heavy atom. The highest BCUT2D eigenvalue weighted by atomic mass is 16.5. The molecule has 0 saturated carbocycles. The molecule has 0 aliphatic carbocycles. The molecule has 0 radical (unpaired) electrons. The molecule has 0 amide bonds. The van der Waals surface area contributed by atoms with E-state index in [0.29, 0.717) is 18.8 Å². The molecule has 1 rings (SSSR count). The molecule has 0 spiro atoms. The van der Waals surface area contributed by atoms with E-state index in [1.807, 2.05) is 12.1 Å². The number of nitrogens with two attached hydrogens (primary N) is 1. The first-order valence-corrected chi connectivity index (χ1v) is 5.19. The summed E-state index contributed by atoms with van der Waals surface area (Å²) in [6.07, 6.45) is 1.72. The average Bonchev–Trinajstić information content (AvgIpc) is 2.30. The van der Waals surface area contributed by atoms with Crippen molar-refractivity contribution >= 4 is 5.69 Å². The molecule has 1 atom stereocenters. The molecule has 1 aromatic rings. The van der Waals surface area contributed by atoms with Crippen LogP contribution in [0.25, 0.3) is 0 Å². The van der Waals surface area contributed by atoms with E-state index < -0.39 is 0 Å². The molecule has 3 N–H and O–H groups in total. The molecule has 0 bridgehead atoms. The zero-order valence-corrected chi connectivity index (χ0v) is 9.77. The SMILES string of the molecule is COCC(CNCc1ccc(N)cn1)OC. The van der Waals surface area contributed by atoms with E-state index in [9.17, 15) is 0 Å². The topological polar surface area (TPSA) is 69.4 Å². The number of aromatic nitrogens is 1. The fourth-order valence-corrected chi connectivity index (χ4v) is 1.30. The second-order valence-corrected chi connectivity index (χ2v) is 3.53. The van der Waals surface area contributed by atoms with Crippen molar-refractivity contribution in [1.82, 2.24) is 10.3 Å². The molecule has 90 valence electrons. The van der Waals surface area contributed by atoms with Gasteiger partial charge in [-0.05, 0) is 12.1 Å². The number of nitrogen functional groups attached to an aromatic ring is 1. The lowest BCUT2D eigenvalue weighted by molar-refractivity contribution is 0.0287. The molecule has 0 fully saturated rings. The first-order valence-electron chi connectivity index (χ1n) is 5.19. The van der Waals surface area contributed by atoms with Gasteiger partial charge in [-0.2, -0.15) is 0 Å². The van der Waals surface area contributed by atoms with Gasteiger partial charge in [0.15, 0.2) is 0 Å². The van der Waals surface area contributed by atoms with E-state index in [0.717, 1.165) is 12.2 Å². The second kappa shape index (κ2) is 7.16. The van der Waals surface area contributed by atoms with Gasteiger partial charge in [-0.15, -0.1) is 0 Å². The van der Waals surface area contributed by atoms with Crippen LogP contribution in [0.5, 0.6) is 0 Å². The Morgan fingerprint density at radius 2 is 2.25 bits per heavy atom. The molecule has 0 aromatic carbocycles. The number of hydrogen-bond acceptors (Lipinski definition) is 5. The Hall–Kier alpha value is -1.17. The lowest BCUT2D eigenvalue weighted by Crippen LogP contribution is -2.31. The van der Waals surface area contributed by atoms with Gasteiger partial charge in [-0.1, -0.05) is 0 Å². The number of pyridine rings is 1. The average molecular weight is 225 g/mol. The second-order valence-electron chi connectivity index (χ2n) is 3.53. The Morgan fingerprint density at radius 3 is 2.81 bits per heavy atom. The molecule has 1 aromatic heterocycles. The van der Waals surface area contributed by atoms with E-state index in [4.69, 9.17) is 15.2 Å². The van der Waals surface area contributed by atoms with E-state index in [1.165, 1.54) is 0 Å². The number of methoxy groups -OCH3 is 2. The van der Waals surface area contributed by atoms with Gasteiger partial charge in [-0.3, -0.25) is 4.98 Å². The summed E-state index contributed by atoms with van der Waals surface area (Å²) in [5.74, 6) is 0. The van der Waals surface area contributed by atoms with Gasteiger partial charge in [0, 0.05) is 27.3 Å². The molecular formula is C11H19N3O2. The molecule has 16 heavy (non-hydrogen) atoms. The number of rotatable bonds is 7. The fraction of sp³-hybridized carbons (Fsp3) is 0.545. The standard InChI is InChI=1S/C11H19N3O2/c1-15-8-11(16-2)7-13-6-10-4-3-9(12)5-14-10/h3-5,11,13H,6-8,12H2,1-2H3. The van der Waals surface area contributed by atoms with Crippen molar-refractivity contribution in [1.29, 1.82) is 0 Å². The summed E-state index contributed by atoms with van der Waals surface area (Å²) in [7, 11) is 3.33. The zero-order valence-electron chi connectivity index (χ0n) is 9.77. The lowest BCUT2D eigenvalue weighted by Gasteiger charge is -2.14. The third-order valence-corrected chi connectivity index (χ3v) is 2.21. The van der Waals surface area contributed by atoms with Crippen molar-refractivity contribution in [2.24, 2.45) is 0 Å². The number of anilines is 1. The summed E-state index contributed by atoms with van der Waals surface area (Å²) >= 11 is 0. The van der Waals surface area contributed by atoms with Crippen LogP contribution in [0.3, 0.4) is 0 Å². The van der Waals surface area contributed by atoms with Crippen LogP contribution in [0, 0.1) is 0 Å². The summed E-state index contributed by atoms with van der Waals surface area (Å²) in [6.45, 7) is 2.01. The summed E-state index contributed by atoms with van der Waals surface area (Å²) in [4.78, 5) is 4.19. The van der Waals surface area contributed by atoms with Crippen molar-refractivity contribution in [3.8, 4) is 0 Å². The van der Waals surface area contributed by atoms with Crippen LogP contribution in [-0.4, -0.2) is 38.5 Å². The number of nitrogens with zero attached hydrogens (tertiary/aromatic N) is 1. The number of nitrogens with one attached hydrogen (secondary N) is 1. The van der Waals surface area contributed by atoms with Crippen LogP contribution in [0.4, 0.5) is 5.69 Å². The zero-order chi connectivity index (χ0) is 11.8. The molecule has 0 aliphatic rings. The Bertz CT molecular complexity index is 290. The summed E-state index contributed by atoms with van der Waals surface area (Å²) < 4.78 is 10.2. The van der Waals surface area contributed by atoms with Crippen LogP contribution >= 0.6 is 0 Å². The highest BCUT2D eigenvalue weighted by molar-refractivity contribution is 5.34. The van der Waals surface area contributed by atoms with Gasteiger partial charge >= 0.3 is 0 Å². The van der Waals surface area contributed by atoms with Gasteiger partial charge < -0.3 is 20.5 Å². The monoisotopic (exact) mass is 225 g/mol. The minimum absolute atomic E-state index is 0.0683. The minimum Gasteiger partial charge on any atom is -0.397 e. The van der Waals surface area contributed by atoms with Gasteiger partial charge in [0.05, 0.1) is 30.3 Å². The van der Waals surface area contributed by atoms with E-state index in [-0.39, 0.29) is 6.10 Å². The van der Waals surface area contributed by atoms with Crippen LogP contribution in [0.15, 0.2) is 18.3 Å². The highest BCUT2D eigenvalue weighted by Gasteiger charge is 2.05. The van der Waals surface area contributed by atoms with Crippen LogP contribution in [0.1, 0.15) is 5.69 Å². The molecule has 1 heterocycles. The quantitative estimate of drug-likeness (QED) is 0.703. The largest absolute Gasteiger partial charge is 0.397 e. The van der Waals surface area contributed by atoms with Crippen LogP contribution in [-0.2, 0) is 16.0 Å². The van der Waals surface area contributed by atoms with Crippen LogP contribution in [0.2, 0.25) is 0 Å². The molecular weight excluding hydrogens is 206 g/mol. The Balaban J connectivity index is 2.26. The van der Waals surface area contributed by atoms with Gasteiger partial charge in [0.1, 0.15) is 0 Å². The summed E-state index contributed by atoms with van der Waals surface area (Å²) in [5.41, 5.74) is 7.18. The highest BCUT2D eigenvalue weighted by Crippen LogP contribution is 2.00. The minimum atomic E-state index is 0.0683. The van der Waals surface area contributed by atoms with Gasteiger partial charge in [-0.25, -0.2) is 0 Å². The molecule has 5 nitrogen and oxygen atoms in total. The third kappa shape index (κ3) is 4.57. The Kier molecular flexibility index (Phi) is 5.77. The molecule has 1 unspecified atom stereocenters. The normalized spacial score (nSPS) is 12.6. The summed E-state index contributed by atoms with van der Waals surface area (Å²) in [6, 6.07) is 3.74. The van der Waals surface area contributed by atoms with Gasteiger partial charge in [0.2, 0.25) is 0 Å². The molecule has 0 aliphatic heterocycles. The smallest absolute Gasteiger partial charge is 0.0928 e. The first-order chi connectivity index (χ1) is 7.76. The summed E-state index contributed by atoms with van der Waals surface area (Å²) in [5, 5.41) is 3.25. The number of hydrogen-bond donors (Lipinski definition) is 2. The maximum absolute atomic E-state index is 5.55. The van der Waals surface area contributed by atoms with Crippen LogP contribution < -0.4 is 11.1 Å². The van der Waals surface area contributed by atoms with Crippen molar-refractivity contribution in [2.45, 2.75) is 12.6 Å². The van der Waals surface area contributed by atoms with E-state index in [2.05, 4.69) is 10.3 Å². The van der Waals surface area contributed by atoms with Crippen molar-refractivity contribution in [2.75, 3.05) is 33.1 Å². The fourth-order valence-electron chi connectivity index (χ4n) is 1.30. The van der Waals surface area contributed by atoms with E-state index in [1.54, 1.807) is 20.4 Å². The molecule has 0 saturated heterocycles. The predicted octanol–water partition coefficient (Wildman–Crippen LogP) is 0.415. The van der Waals surface area contributed by atoms with Crippen molar-refractivity contribution in [3.63, 3.8) is 0 Å². The lowest BCUT2D eigenvalue weighted by atomic mass is 10.3. The number of ether oxygens (including phenoxy) is 2. The third-order valence-electron chi connectivity index (χ3n) is 2.21. The first kappa shape index (κ1) is 12.9. The van der Waals surface area contributed by atoms with Gasteiger partial charge in [0.25, 0.3) is 0 Å².